The van der Waals surface area contributed by atoms with Crippen molar-refractivity contribution in [2.24, 2.45) is 5.73 Å². The Bertz CT molecular complexity index is 142. The summed E-state index contributed by atoms with van der Waals surface area (Å²) < 4.78 is 0. The fourth-order valence-corrected chi connectivity index (χ4v) is 0.252. The molecule has 2 N–H and O–H groups in total. The van der Waals surface area contributed by atoms with E-state index < -0.39 is 5.91 Å². The second-order valence-electron chi connectivity index (χ2n) is 1.41. The van der Waals surface area contributed by atoms with Gasteiger partial charge in [0.15, 0.2) is 0 Å². The van der Waals surface area contributed by atoms with E-state index in [1.54, 1.807) is 0 Å². The number of hydrogen-bond donors (Lipinski definition) is 1. The number of amides is 2. The molecule has 0 aromatic rings. The van der Waals surface area contributed by atoms with E-state index in [0.29, 0.717) is 6.41 Å². The van der Waals surface area contributed by atoms with Crippen LogP contribution < -0.4 is 5.73 Å². The molecule has 2 amide bonds. The van der Waals surface area contributed by atoms with Crippen molar-refractivity contribution in [3.05, 3.63) is 12.3 Å². The summed E-state index contributed by atoms with van der Waals surface area (Å²) in [5.41, 5.74) is 4.88. The molecule has 50 valence electrons. The highest BCUT2D eigenvalue weighted by Crippen LogP contribution is 1.78. The van der Waals surface area contributed by atoms with Crippen LogP contribution in [0.25, 0.3) is 0 Å². The standard InChI is InChI=1S/C5H8N2O2/c1-7(4-8)5(9)2-3-6/h2-4H,6H2,1H3/b3-2-. The van der Waals surface area contributed by atoms with Gasteiger partial charge >= 0.3 is 0 Å². The highest BCUT2D eigenvalue weighted by Gasteiger charge is 1.99. The summed E-state index contributed by atoms with van der Waals surface area (Å²) >= 11 is 0. The molecule has 0 aromatic heterocycles. The van der Waals surface area contributed by atoms with Gasteiger partial charge in [0.05, 0.1) is 0 Å². The van der Waals surface area contributed by atoms with E-state index in [0.717, 1.165) is 17.2 Å². The summed E-state index contributed by atoms with van der Waals surface area (Å²) in [7, 11) is 1.36. The van der Waals surface area contributed by atoms with E-state index in [1.165, 1.54) is 7.05 Å². The number of likely N-dealkylation sites (N-methyl/N-ethyl adjacent to an activating group) is 1. The van der Waals surface area contributed by atoms with Crippen LogP contribution in [-0.4, -0.2) is 24.3 Å². The van der Waals surface area contributed by atoms with E-state index in [2.05, 4.69) is 0 Å². The van der Waals surface area contributed by atoms with Gasteiger partial charge in [-0.3, -0.25) is 14.5 Å². The maximum absolute atomic E-state index is 10.5. The maximum atomic E-state index is 10.5. The van der Waals surface area contributed by atoms with E-state index in [4.69, 9.17) is 5.73 Å². The fraction of sp³-hybridized carbons (Fsp3) is 0.200. The van der Waals surface area contributed by atoms with Gasteiger partial charge in [-0.15, -0.1) is 0 Å². The molecule has 0 unspecified atom stereocenters. The fourth-order valence-electron chi connectivity index (χ4n) is 0.252. The molecule has 9 heavy (non-hydrogen) atoms. The number of carbonyl (C=O) groups is 2. The monoisotopic (exact) mass is 128 g/mol. The number of carbonyl (C=O) groups excluding carboxylic acids is 2. The molecular weight excluding hydrogens is 120 g/mol. The minimum Gasteiger partial charge on any atom is -0.404 e. The van der Waals surface area contributed by atoms with Crippen molar-refractivity contribution >= 4 is 12.3 Å². The van der Waals surface area contributed by atoms with Crippen LogP contribution >= 0.6 is 0 Å². The van der Waals surface area contributed by atoms with Gasteiger partial charge in [0.2, 0.25) is 6.41 Å². The van der Waals surface area contributed by atoms with E-state index in [-0.39, 0.29) is 0 Å². The third kappa shape index (κ3) is 2.48. The average Bonchev–Trinajstić information content (AvgIpc) is 1.87. The Morgan fingerprint density at radius 3 is 2.56 bits per heavy atom. The second kappa shape index (κ2) is 3.65. The number of rotatable bonds is 2. The molecule has 0 aliphatic rings. The molecule has 0 saturated carbocycles. The lowest BCUT2D eigenvalue weighted by Gasteiger charge is -2.01. The Labute approximate surface area is 52.9 Å². The molecule has 0 heterocycles. The zero-order valence-corrected chi connectivity index (χ0v) is 5.07. The average molecular weight is 128 g/mol. The van der Waals surface area contributed by atoms with Crippen LogP contribution in [0.3, 0.4) is 0 Å². The van der Waals surface area contributed by atoms with Crippen LogP contribution in [0.5, 0.6) is 0 Å². The molecule has 0 aromatic carbocycles. The summed E-state index contributed by atoms with van der Waals surface area (Å²) in [6, 6.07) is 0. The molecule has 0 rings (SSSR count). The first-order chi connectivity index (χ1) is 4.22. The molecule has 0 aliphatic carbocycles. The lowest BCUT2D eigenvalue weighted by molar-refractivity contribution is -0.132. The molecule has 0 radical (unpaired) electrons. The highest BCUT2D eigenvalue weighted by atomic mass is 16.2. The van der Waals surface area contributed by atoms with Crippen molar-refractivity contribution in [1.82, 2.24) is 4.90 Å². The summed E-state index contributed by atoms with van der Waals surface area (Å²) in [5, 5.41) is 0. The third-order valence-corrected chi connectivity index (χ3v) is 0.745. The van der Waals surface area contributed by atoms with Crippen LogP contribution in [-0.2, 0) is 9.59 Å². The molecule has 0 aliphatic heterocycles. The largest absolute Gasteiger partial charge is 0.404 e. The molecule has 0 spiro atoms. The number of nitrogens with two attached hydrogens (primary N) is 1. The van der Waals surface area contributed by atoms with Gasteiger partial charge in [0.25, 0.3) is 5.91 Å². The Hall–Kier alpha value is -1.32. The van der Waals surface area contributed by atoms with Crippen molar-refractivity contribution in [3.8, 4) is 0 Å². The van der Waals surface area contributed by atoms with E-state index in [9.17, 15) is 9.59 Å². The third-order valence-electron chi connectivity index (χ3n) is 0.745. The number of imide groups is 1. The van der Waals surface area contributed by atoms with Gasteiger partial charge < -0.3 is 5.73 Å². The molecule has 4 heteroatoms. The molecule has 0 saturated heterocycles. The Morgan fingerprint density at radius 1 is 1.67 bits per heavy atom. The number of hydrogen-bond acceptors (Lipinski definition) is 3. The van der Waals surface area contributed by atoms with Gasteiger partial charge in [-0.1, -0.05) is 0 Å². The summed E-state index contributed by atoms with van der Waals surface area (Å²) in [6.07, 6.45) is 2.61. The number of nitrogens with zero attached hydrogens (tertiary/aromatic N) is 1. The predicted molar refractivity (Wildman–Crippen MR) is 32.2 cm³/mol. The van der Waals surface area contributed by atoms with Gasteiger partial charge in [-0.25, -0.2) is 0 Å². The topological polar surface area (TPSA) is 63.4 Å². The summed E-state index contributed by atoms with van der Waals surface area (Å²) in [6.45, 7) is 0. The van der Waals surface area contributed by atoms with Crippen molar-refractivity contribution < 1.29 is 9.59 Å². The van der Waals surface area contributed by atoms with Gasteiger partial charge in [-0.2, -0.15) is 0 Å². The molecule has 0 fully saturated rings. The van der Waals surface area contributed by atoms with Crippen LogP contribution in [0.1, 0.15) is 0 Å². The van der Waals surface area contributed by atoms with Gasteiger partial charge in [-0.05, 0) is 6.20 Å². The summed E-state index contributed by atoms with van der Waals surface area (Å²) in [4.78, 5) is 21.2. The molecule has 0 bridgehead atoms. The normalized spacial score (nSPS) is 9.44. The van der Waals surface area contributed by atoms with E-state index >= 15 is 0 Å². The van der Waals surface area contributed by atoms with Crippen LogP contribution in [0.2, 0.25) is 0 Å². The first-order valence-corrected chi connectivity index (χ1v) is 2.32. The molecule has 4 nitrogen and oxygen atoms in total. The lowest BCUT2D eigenvalue weighted by atomic mass is 10.5. The minimum atomic E-state index is -0.424. The molecule has 0 atom stereocenters. The summed E-state index contributed by atoms with van der Waals surface area (Å²) in [5.74, 6) is -0.424. The first-order valence-electron chi connectivity index (χ1n) is 2.32. The Kier molecular flexibility index (Phi) is 3.12. The van der Waals surface area contributed by atoms with Crippen molar-refractivity contribution in [1.29, 1.82) is 0 Å². The Morgan fingerprint density at radius 2 is 2.22 bits per heavy atom. The Balaban J connectivity index is 3.87. The minimum absolute atomic E-state index is 0.419. The van der Waals surface area contributed by atoms with Crippen LogP contribution in [0, 0.1) is 0 Å². The zero-order chi connectivity index (χ0) is 7.28. The van der Waals surface area contributed by atoms with Crippen molar-refractivity contribution in [3.63, 3.8) is 0 Å². The predicted octanol–water partition coefficient (Wildman–Crippen LogP) is -0.926. The second-order valence-corrected chi connectivity index (χ2v) is 1.41. The SMILES string of the molecule is CN(C=O)C(=O)/C=C\N. The maximum Gasteiger partial charge on any atom is 0.254 e. The van der Waals surface area contributed by atoms with Crippen molar-refractivity contribution in [2.45, 2.75) is 0 Å². The van der Waals surface area contributed by atoms with Gasteiger partial charge in [0, 0.05) is 13.1 Å². The quantitative estimate of drug-likeness (QED) is 0.386. The smallest absolute Gasteiger partial charge is 0.254 e. The zero-order valence-electron chi connectivity index (χ0n) is 5.07. The van der Waals surface area contributed by atoms with Gasteiger partial charge in [0.1, 0.15) is 0 Å². The van der Waals surface area contributed by atoms with Crippen LogP contribution in [0.4, 0.5) is 0 Å². The van der Waals surface area contributed by atoms with Crippen molar-refractivity contribution in [2.75, 3.05) is 7.05 Å². The molecular formula is C5H8N2O2. The first kappa shape index (κ1) is 7.68. The lowest BCUT2D eigenvalue weighted by Crippen LogP contribution is -2.22. The highest BCUT2D eigenvalue weighted by molar-refractivity contribution is 5.94. The van der Waals surface area contributed by atoms with Crippen LogP contribution in [0.15, 0.2) is 12.3 Å². The van der Waals surface area contributed by atoms with E-state index in [1.807, 2.05) is 0 Å².